The highest BCUT2D eigenvalue weighted by molar-refractivity contribution is 7.90. The topological polar surface area (TPSA) is 102 Å². The number of amides is 2. The van der Waals surface area contributed by atoms with Gasteiger partial charge in [0.1, 0.15) is 24.0 Å². The van der Waals surface area contributed by atoms with E-state index in [9.17, 15) is 26.8 Å². The van der Waals surface area contributed by atoms with Gasteiger partial charge in [0, 0.05) is 12.0 Å². The van der Waals surface area contributed by atoms with Crippen LogP contribution in [-0.4, -0.2) is 20.2 Å². The van der Waals surface area contributed by atoms with E-state index in [2.05, 4.69) is 5.32 Å². The molecule has 0 fully saturated rings. The third-order valence-electron chi connectivity index (χ3n) is 6.85. The Bertz CT molecular complexity index is 1680. The van der Waals surface area contributed by atoms with Crippen LogP contribution in [0.4, 0.5) is 8.78 Å². The first-order valence-corrected chi connectivity index (χ1v) is 15.7. The van der Waals surface area contributed by atoms with Gasteiger partial charge in [-0.25, -0.2) is 21.9 Å². The van der Waals surface area contributed by atoms with E-state index in [1.807, 2.05) is 48.9 Å². The van der Waals surface area contributed by atoms with Crippen LogP contribution < -0.4 is 14.8 Å². The summed E-state index contributed by atoms with van der Waals surface area (Å²) < 4.78 is 59.9. The zero-order valence-electron chi connectivity index (χ0n) is 24.4. The van der Waals surface area contributed by atoms with Crippen molar-refractivity contribution in [2.75, 3.05) is 0 Å². The molecular weight excluding hydrogens is 586 g/mol. The summed E-state index contributed by atoms with van der Waals surface area (Å²) in [6.07, 6.45) is 0.444. The van der Waals surface area contributed by atoms with Crippen LogP contribution in [0, 0.1) is 17.6 Å². The molecule has 0 saturated carbocycles. The maximum Gasteiger partial charge on any atom is 0.264 e. The normalized spacial score (nSPS) is 12.0. The van der Waals surface area contributed by atoms with E-state index in [-0.39, 0.29) is 36.1 Å². The summed E-state index contributed by atoms with van der Waals surface area (Å²) in [5.74, 6) is -1.26. The molecule has 1 unspecified atom stereocenters. The summed E-state index contributed by atoms with van der Waals surface area (Å²) in [6.45, 7) is 4.23. The van der Waals surface area contributed by atoms with Crippen LogP contribution in [0.3, 0.4) is 0 Å². The van der Waals surface area contributed by atoms with E-state index in [4.69, 9.17) is 4.74 Å². The van der Waals surface area contributed by atoms with E-state index >= 15 is 0 Å². The maximum atomic E-state index is 13.8. The Morgan fingerprint density at radius 3 is 2.11 bits per heavy atom. The van der Waals surface area contributed by atoms with Crippen molar-refractivity contribution >= 4 is 21.8 Å². The van der Waals surface area contributed by atoms with Gasteiger partial charge in [0.15, 0.2) is 0 Å². The number of hydrogen-bond acceptors (Lipinski definition) is 5. The Labute approximate surface area is 256 Å². The van der Waals surface area contributed by atoms with Gasteiger partial charge in [0.05, 0.1) is 10.9 Å². The molecule has 0 heterocycles. The van der Waals surface area contributed by atoms with Crippen molar-refractivity contribution in [3.05, 3.63) is 131 Å². The molecule has 0 saturated heterocycles. The number of carbonyl (C=O) groups excluding carboxylic acids is 2. The summed E-state index contributed by atoms with van der Waals surface area (Å²) in [5.41, 5.74) is 2.31. The Kier molecular flexibility index (Phi) is 10.8. The first-order valence-electron chi connectivity index (χ1n) is 14.2. The van der Waals surface area contributed by atoms with Crippen molar-refractivity contribution in [1.29, 1.82) is 0 Å². The third-order valence-corrected chi connectivity index (χ3v) is 8.24. The van der Waals surface area contributed by atoms with Crippen molar-refractivity contribution in [3.63, 3.8) is 0 Å². The molecule has 4 aromatic rings. The molecule has 2 amide bonds. The van der Waals surface area contributed by atoms with Gasteiger partial charge < -0.3 is 10.1 Å². The molecule has 0 aromatic heterocycles. The van der Waals surface area contributed by atoms with E-state index < -0.39 is 33.7 Å². The molecule has 0 radical (unpaired) electrons. The van der Waals surface area contributed by atoms with Gasteiger partial charge in [-0.3, -0.25) is 9.59 Å². The molecule has 0 aliphatic rings. The van der Waals surface area contributed by atoms with Crippen LogP contribution in [0.2, 0.25) is 0 Å². The Balaban J connectivity index is 1.55. The molecular formula is C34H34F2N2O5S. The number of aryl methyl sites for hydroxylation is 1. The zero-order valence-corrected chi connectivity index (χ0v) is 25.2. The molecule has 0 spiro atoms. The molecule has 0 aliphatic heterocycles. The summed E-state index contributed by atoms with van der Waals surface area (Å²) in [5, 5.41) is 3.06. The maximum absolute atomic E-state index is 13.8. The molecule has 230 valence electrons. The van der Waals surface area contributed by atoms with Crippen LogP contribution in [0.5, 0.6) is 5.75 Å². The van der Waals surface area contributed by atoms with Crippen molar-refractivity contribution < 1.29 is 31.5 Å². The number of carbonyl (C=O) groups is 2. The number of nitrogens with one attached hydrogen (secondary N) is 2. The van der Waals surface area contributed by atoms with Crippen LogP contribution in [-0.2, 0) is 27.8 Å². The molecule has 4 aromatic carbocycles. The number of ether oxygens (including phenoxy) is 1. The molecule has 44 heavy (non-hydrogen) atoms. The fraction of sp³-hybridized carbons (Fsp3) is 0.235. The monoisotopic (exact) mass is 620 g/mol. The lowest BCUT2D eigenvalue weighted by Crippen LogP contribution is -2.32. The number of hydrogen-bond donors (Lipinski definition) is 2. The molecule has 10 heteroatoms. The van der Waals surface area contributed by atoms with Gasteiger partial charge in [-0.05, 0) is 90.0 Å². The Morgan fingerprint density at radius 1 is 0.841 bits per heavy atom. The molecule has 1 atom stereocenters. The van der Waals surface area contributed by atoms with Crippen molar-refractivity contribution in [2.24, 2.45) is 5.92 Å². The number of rotatable bonds is 13. The summed E-state index contributed by atoms with van der Waals surface area (Å²) in [6, 6.07) is 24.1. The van der Waals surface area contributed by atoms with Crippen LogP contribution in [0.1, 0.15) is 59.8 Å². The first-order chi connectivity index (χ1) is 21.0. The second-order valence-electron chi connectivity index (χ2n) is 10.8. The fourth-order valence-corrected chi connectivity index (χ4v) is 5.64. The largest absolute Gasteiger partial charge is 0.489 e. The van der Waals surface area contributed by atoms with Crippen LogP contribution in [0.25, 0.3) is 0 Å². The lowest BCUT2D eigenvalue weighted by molar-refractivity contribution is -0.119. The molecule has 0 bridgehead atoms. The average Bonchev–Trinajstić information content (AvgIpc) is 2.99. The Morgan fingerprint density at radius 2 is 1.48 bits per heavy atom. The first kappa shape index (κ1) is 32.3. The smallest absolute Gasteiger partial charge is 0.264 e. The average molecular weight is 621 g/mol. The summed E-state index contributed by atoms with van der Waals surface area (Å²) in [7, 11) is -4.20. The molecule has 4 rings (SSSR count). The minimum atomic E-state index is -4.20. The minimum Gasteiger partial charge on any atom is -0.489 e. The van der Waals surface area contributed by atoms with Crippen molar-refractivity contribution in [2.45, 2.75) is 50.7 Å². The van der Waals surface area contributed by atoms with Gasteiger partial charge in [-0.1, -0.05) is 56.3 Å². The van der Waals surface area contributed by atoms with Gasteiger partial charge in [0.2, 0.25) is 5.91 Å². The molecule has 2 N–H and O–H groups in total. The van der Waals surface area contributed by atoms with E-state index in [0.29, 0.717) is 28.9 Å². The number of sulfonamides is 1. The van der Waals surface area contributed by atoms with Crippen molar-refractivity contribution in [1.82, 2.24) is 10.0 Å². The van der Waals surface area contributed by atoms with Gasteiger partial charge in [-0.15, -0.1) is 0 Å². The number of benzene rings is 4. The lowest BCUT2D eigenvalue weighted by Gasteiger charge is -2.22. The number of halogens is 2. The van der Waals surface area contributed by atoms with Crippen molar-refractivity contribution in [3.8, 4) is 5.75 Å². The highest BCUT2D eigenvalue weighted by Gasteiger charge is 2.22. The van der Waals surface area contributed by atoms with Crippen LogP contribution >= 0.6 is 0 Å². The van der Waals surface area contributed by atoms with Gasteiger partial charge in [0.25, 0.3) is 15.9 Å². The highest BCUT2D eigenvalue weighted by Crippen LogP contribution is 2.24. The second-order valence-corrected chi connectivity index (χ2v) is 12.5. The zero-order chi connectivity index (χ0) is 31.7. The Hall–Kier alpha value is -4.57. The third kappa shape index (κ3) is 9.21. The summed E-state index contributed by atoms with van der Waals surface area (Å²) in [4.78, 5) is 26.2. The van der Waals surface area contributed by atoms with E-state index in [0.717, 1.165) is 29.8 Å². The van der Waals surface area contributed by atoms with Gasteiger partial charge >= 0.3 is 0 Å². The molecule has 7 nitrogen and oxygen atoms in total. The van der Waals surface area contributed by atoms with E-state index in [1.54, 1.807) is 30.3 Å². The predicted molar refractivity (Wildman–Crippen MR) is 163 cm³/mol. The minimum absolute atomic E-state index is 0.0682. The standard InChI is InChI=1S/C34H34F2N2O5S/c1-23(2)20-32(26-10-13-27(35)14-11-26)37-34(40)31-21-24(22-43-29-6-4-3-5-7-29)8-9-25(31)12-19-33(39)38-44(41,42)30-17-15-28(36)16-18-30/h3-11,13-18,21,23,32H,12,19-20,22H2,1-2H3,(H,37,40)(H,38,39). The SMILES string of the molecule is CC(C)CC(NC(=O)c1cc(COc2ccccc2)ccc1CCC(=O)NS(=O)(=O)c1ccc(F)cc1)c1ccc(F)cc1. The number of para-hydroxylation sites is 1. The molecule has 0 aliphatic carbocycles. The lowest BCUT2D eigenvalue weighted by atomic mass is 9.95. The van der Waals surface area contributed by atoms with E-state index in [1.165, 1.54) is 12.1 Å². The van der Waals surface area contributed by atoms with Gasteiger partial charge in [-0.2, -0.15) is 0 Å². The quantitative estimate of drug-likeness (QED) is 0.178. The second kappa shape index (κ2) is 14.7. The summed E-state index contributed by atoms with van der Waals surface area (Å²) >= 11 is 0. The van der Waals surface area contributed by atoms with Crippen LogP contribution in [0.15, 0.2) is 102 Å². The highest BCUT2D eigenvalue weighted by atomic mass is 32.2. The fourth-order valence-electron chi connectivity index (χ4n) is 4.63. The predicted octanol–water partition coefficient (Wildman–Crippen LogP) is 6.50.